The van der Waals surface area contributed by atoms with Crippen molar-refractivity contribution in [2.75, 3.05) is 37.9 Å². The maximum Gasteiger partial charge on any atom is 0.263 e. The lowest BCUT2D eigenvalue weighted by Gasteiger charge is -2.20. The monoisotopic (exact) mass is 441 g/mol. The molecule has 1 amide bonds. The smallest absolute Gasteiger partial charge is 0.263 e. The van der Waals surface area contributed by atoms with Gasteiger partial charge in [-0.25, -0.2) is 8.42 Å². The number of amides is 1. The Morgan fingerprint density at radius 2 is 1.71 bits per heavy atom. The van der Waals surface area contributed by atoms with Gasteiger partial charge in [-0.05, 0) is 62.5 Å². The number of hydrogen-bond donors (Lipinski definition) is 1. The summed E-state index contributed by atoms with van der Waals surface area (Å²) in [6.07, 6.45) is 0.931. The maximum absolute atomic E-state index is 12.7. The fourth-order valence-electron chi connectivity index (χ4n) is 3.01. The van der Waals surface area contributed by atoms with Gasteiger partial charge in [0.1, 0.15) is 4.90 Å². The van der Waals surface area contributed by atoms with E-state index in [-0.39, 0.29) is 20.8 Å². The number of hydrogen-bond acceptors (Lipinski definition) is 4. The highest BCUT2D eigenvalue weighted by Crippen LogP contribution is 2.27. The van der Waals surface area contributed by atoms with Gasteiger partial charge in [-0.1, -0.05) is 23.2 Å². The number of likely N-dealkylation sites (N-methyl/N-ethyl adjacent to an activating group) is 1. The van der Waals surface area contributed by atoms with Crippen molar-refractivity contribution in [1.29, 1.82) is 0 Å². The third kappa shape index (κ3) is 4.97. The lowest BCUT2D eigenvalue weighted by atomic mass is 10.2. The van der Waals surface area contributed by atoms with E-state index in [4.69, 9.17) is 23.2 Å². The second-order valence-corrected chi connectivity index (χ2v) is 9.20. The zero-order chi connectivity index (χ0) is 20.3. The summed E-state index contributed by atoms with van der Waals surface area (Å²) in [7, 11) is -1.86. The van der Waals surface area contributed by atoms with Crippen LogP contribution >= 0.6 is 23.2 Å². The van der Waals surface area contributed by atoms with Crippen LogP contribution in [0.25, 0.3) is 0 Å². The molecule has 1 N–H and O–H groups in total. The van der Waals surface area contributed by atoms with Crippen LogP contribution in [-0.2, 0) is 10.0 Å². The van der Waals surface area contributed by atoms with Crippen molar-refractivity contribution in [1.82, 2.24) is 9.80 Å². The molecule has 1 aliphatic heterocycles. The van der Waals surface area contributed by atoms with Crippen LogP contribution in [0.15, 0.2) is 47.4 Å². The third-order valence-corrected chi connectivity index (χ3v) is 6.67. The zero-order valence-corrected chi connectivity index (χ0v) is 17.7. The number of anilines is 1. The number of carbonyl (C=O) groups excluding carboxylic acids is 1. The van der Waals surface area contributed by atoms with E-state index in [2.05, 4.69) is 9.62 Å². The molecule has 0 spiro atoms. The third-order valence-electron chi connectivity index (χ3n) is 4.57. The molecule has 0 atom stereocenters. The lowest BCUT2D eigenvalue weighted by Crippen LogP contribution is -2.34. The van der Waals surface area contributed by atoms with E-state index in [1.807, 2.05) is 11.9 Å². The molecule has 0 unspecified atom stereocenters. The molecule has 1 heterocycles. The first-order valence-corrected chi connectivity index (χ1v) is 11.1. The number of nitrogens with zero attached hydrogens (tertiary/aromatic N) is 2. The average molecular weight is 442 g/mol. The van der Waals surface area contributed by atoms with Crippen LogP contribution in [0.2, 0.25) is 10.0 Å². The van der Waals surface area contributed by atoms with Crippen molar-refractivity contribution >= 4 is 44.8 Å². The van der Waals surface area contributed by atoms with Gasteiger partial charge in [-0.3, -0.25) is 9.52 Å². The minimum atomic E-state index is -3.90. The van der Waals surface area contributed by atoms with E-state index in [0.717, 1.165) is 19.5 Å². The molecule has 0 saturated carbocycles. The normalized spacial score (nSPS) is 15.9. The van der Waals surface area contributed by atoms with Crippen LogP contribution in [0.3, 0.4) is 0 Å². The van der Waals surface area contributed by atoms with Gasteiger partial charge in [0.2, 0.25) is 0 Å². The maximum atomic E-state index is 12.7. The van der Waals surface area contributed by atoms with Crippen molar-refractivity contribution in [3.05, 3.63) is 58.1 Å². The summed E-state index contributed by atoms with van der Waals surface area (Å²) >= 11 is 11.9. The van der Waals surface area contributed by atoms with Crippen LogP contribution in [0.4, 0.5) is 5.69 Å². The molecule has 9 heteroatoms. The predicted octanol–water partition coefficient (Wildman–Crippen LogP) is 3.57. The molecule has 1 aliphatic rings. The summed E-state index contributed by atoms with van der Waals surface area (Å²) in [5, 5.41) is 0.351. The van der Waals surface area contributed by atoms with Crippen LogP contribution in [-0.4, -0.2) is 57.4 Å². The van der Waals surface area contributed by atoms with E-state index in [1.165, 1.54) is 18.2 Å². The largest absolute Gasteiger partial charge is 0.337 e. The summed E-state index contributed by atoms with van der Waals surface area (Å²) in [5.41, 5.74) is 0.858. The van der Waals surface area contributed by atoms with Crippen molar-refractivity contribution < 1.29 is 13.2 Å². The molecule has 3 rings (SSSR count). The standard InChI is InChI=1S/C19H21Cl2N3O3S/c1-23-9-2-10-24(12-11-23)19(25)14-3-6-16(7-4-14)22-28(26,27)18-13-15(20)5-8-17(18)21/h3-8,13,22H,2,9-12H2,1H3. The fraction of sp³-hybridized carbons (Fsp3) is 0.316. The first kappa shape index (κ1) is 20.9. The summed E-state index contributed by atoms with van der Waals surface area (Å²) in [5.74, 6) is -0.0532. The van der Waals surface area contributed by atoms with Gasteiger partial charge in [0, 0.05) is 35.9 Å². The molecule has 2 aromatic carbocycles. The number of sulfonamides is 1. The van der Waals surface area contributed by atoms with E-state index >= 15 is 0 Å². The molecule has 0 bridgehead atoms. The fourth-order valence-corrected chi connectivity index (χ4v) is 4.83. The summed E-state index contributed by atoms with van der Waals surface area (Å²) in [4.78, 5) is 16.6. The highest BCUT2D eigenvalue weighted by Gasteiger charge is 2.21. The first-order chi connectivity index (χ1) is 13.3. The summed E-state index contributed by atoms with van der Waals surface area (Å²) in [6, 6.07) is 10.6. The highest BCUT2D eigenvalue weighted by atomic mass is 35.5. The van der Waals surface area contributed by atoms with Gasteiger partial charge >= 0.3 is 0 Å². The lowest BCUT2D eigenvalue weighted by molar-refractivity contribution is 0.0763. The Morgan fingerprint density at radius 1 is 1.00 bits per heavy atom. The molecule has 1 saturated heterocycles. The summed E-state index contributed by atoms with van der Waals surface area (Å²) in [6.45, 7) is 3.20. The van der Waals surface area contributed by atoms with Crippen molar-refractivity contribution in [2.24, 2.45) is 0 Å². The van der Waals surface area contributed by atoms with Crippen molar-refractivity contribution in [3.63, 3.8) is 0 Å². The molecule has 0 radical (unpaired) electrons. The van der Waals surface area contributed by atoms with Gasteiger partial charge in [0.15, 0.2) is 0 Å². The van der Waals surface area contributed by atoms with Crippen molar-refractivity contribution in [3.8, 4) is 0 Å². The van der Waals surface area contributed by atoms with E-state index in [0.29, 0.717) is 24.3 Å². The number of rotatable bonds is 4. The highest BCUT2D eigenvalue weighted by molar-refractivity contribution is 7.92. The molecular formula is C19H21Cl2N3O3S. The Labute approximate surface area is 175 Å². The van der Waals surface area contributed by atoms with Gasteiger partial charge < -0.3 is 9.80 Å². The van der Waals surface area contributed by atoms with Crippen LogP contribution < -0.4 is 4.72 Å². The van der Waals surface area contributed by atoms with Gasteiger partial charge in [-0.15, -0.1) is 0 Å². The minimum Gasteiger partial charge on any atom is -0.337 e. The molecule has 1 fully saturated rings. The molecule has 150 valence electrons. The van der Waals surface area contributed by atoms with E-state index in [1.54, 1.807) is 24.3 Å². The number of benzene rings is 2. The second-order valence-electron chi connectivity index (χ2n) is 6.71. The van der Waals surface area contributed by atoms with Crippen molar-refractivity contribution in [2.45, 2.75) is 11.3 Å². The Bertz CT molecular complexity index is 965. The van der Waals surface area contributed by atoms with Crippen LogP contribution in [0, 0.1) is 0 Å². The summed E-state index contributed by atoms with van der Waals surface area (Å²) < 4.78 is 27.6. The van der Waals surface area contributed by atoms with E-state index < -0.39 is 10.0 Å². The Hall–Kier alpha value is -1.80. The minimum absolute atomic E-state index is 0.0532. The average Bonchev–Trinajstić information content (AvgIpc) is 2.88. The molecule has 6 nitrogen and oxygen atoms in total. The topological polar surface area (TPSA) is 69.7 Å². The Kier molecular flexibility index (Phi) is 6.50. The molecular weight excluding hydrogens is 421 g/mol. The second kappa shape index (κ2) is 8.69. The Balaban J connectivity index is 1.73. The number of carbonyl (C=O) groups is 1. The van der Waals surface area contributed by atoms with Crippen LogP contribution in [0.1, 0.15) is 16.8 Å². The number of halogens is 2. The molecule has 0 aromatic heterocycles. The van der Waals surface area contributed by atoms with Gasteiger partial charge in [-0.2, -0.15) is 0 Å². The molecule has 2 aromatic rings. The first-order valence-electron chi connectivity index (χ1n) is 8.82. The Morgan fingerprint density at radius 3 is 2.43 bits per heavy atom. The molecule has 0 aliphatic carbocycles. The van der Waals surface area contributed by atoms with E-state index in [9.17, 15) is 13.2 Å². The van der Waals surface area contributed by atoms with Crippen LogP contribution in [0.5, 0.6) is 0 Å². The SMILES string of the molecule is CN1CCCN(C(=O)c2ccc(NS(=O)(=O)c3cc(Cl)ccc3Cl)cc2)CC1. The number of nitrogens with one attached hydrogen (secondary N) is 1. The zero-order valence-electron chi connectivity index (χ0n) is 15.4. The predicted molar refractivity (Wildman–Crippen MR) is 112 cm³/mol. The molecule has 28 heavy (non-hydrogen) atoms. The quantitative estimate of drug-likeness (QED) is 0.786. The van der Waals surface area contributed by atoms with Gasteiger partial charge in [0.25, 0.3) is 15.9 Å². The van der Waals surface area contributed by atoms with Gasteiger partial charge in [0.05, 0.1) is 5.02 Å².